The number of hydrogen-bond acceptors (Lipinski definition) is 1. The Hall–Kier alpha value is -1.42. The number of halogens is 2. The van der Waals surface area contributed by atoms with Gasteiger partial charge in [-0.3, -0.25) is 0 Å². The zero-order chi connectivity index (χ0) is 10.8. The van der Waals surface area contributed by atoms with Crippen molar-refractivity contribution in [2.24, 2.45) is 0 Å². The normalized spacial score (nSPS) is 13.6. The van der Waals surface area contributed by atoms with Gasteiger partial charge in [-0.05, 0) is 11.6 Å². The lowest BCUT2D eigenvalue weighted by atomic mass is 10.1. The standard InChI is InChI=1S/C11H11F2NO/c12-11(13)10(15)5-7-6-14-9-4-2-1-3-8(7)9/h1-4,6,10-11,14-15H,5H2. The summed E-state index contributed by atoms with van der Waals surface area (Å²) in [6, 6.07) is 7.42. The number of aliphatic hydroxyl groups is 1. The van der Waals surface area contributed by atoms with Gasteiger partial charge >= 0.3 is 0 Å². The Morgan fingerprint density at radius 3 is 2.73 bits per heavy atom. The first-order chi connectivity index (χ1) is 7.18. The van der Waals surface area contributed by atoms with E-state index < -0.39 is 12.5 Å². The highest BCUT2D eigenvalue weighted by atomic mass is 19.3. The largest absolute Gasteiger partial charge is 0.387 e. The molecule has 1 aromatic carbocycles. The molecular weight excluding hydrogens is 200 g/mol. The minimum Gasteiger partial charge on any atom is -0.387 e. The van der Waals surface area contributed by atoms with E-state index in [9.17, 15) is 8.78 Å². The van der Waals surface area contributed by atoms with Crippen molar-refractivity contribution in [3.63, 3.8) is 0 Å². The van der Waals surface area contributed by atoms with Crippen LogP contribution in [0.1, 0.15) is 5.56 Å². The van der Waals surface area contributed by atoms with Gasteiger partial charge in [-0.15, -0.1) is 0 Å². The SMILES string of the molecule is OC(Cc1c[nH]c2ccccc12)C(F)F. The number of fused-ring (bicyclic) bond motifs is 1. The Balaban J connectivity index is 2.29. The minimum absolute atomic E-state index is 0.0261. The van der Waals surface area contributed by atoms with Crippen molar-refractivity contribution < 1.29 is 13.9 Å². The fourth-order valence-electron chi connectivity index (χ4n) is 1.61. The molecule has 1 atom stereocenters. The van der Waals surface area contributed by atoms with Gasteiger partial charge in [0, 0.05) is 23.5 Å². The molecular formula is C11H11F2NO. The molecule has 0 fully saturated rings. The predicted molar refractivity (Wildman–Crippen MR) is 54.0 cm³/mol. The molecule has 0 aliphatic carbocycles. The van der Waals surface area contributed by atoms with Gasteiger partial charge in [-0.2, -0.15) is 0 Å². The fraction of sp³-hybridized carbons (Fsp3) is 0.273. The van der Waals surface area contributed by atoms with E-state index in [1.165, 1.54) is 0 Å². The fourth-order valence-corrected chi connectivity index (χ4v) is 1.61. The molecule has 2 aromatic rings. The molecule has 0 spiro atoms. The molecule has 15 heavy (non-hydrogen) atoms. The number of hydrogen-bond donors (Lipinski definition) is 2. The second-order valence-electron chi connectivity index (χ2n) is 3.47. The van der Waals surface area contributed by atoms with E-state index in [0.29, 0.717) is 0 Å². The first-order valence-electron chi connectivity index (χ1n) is 4.69. The molecule has 0 saturated carbocycles. The van der Waals surface area contributed by atoms with Crippen molar-refractivity contribution in [1.82, 2.24) is 4.98 Å². The van der Waals surface area contributed by atoms with Crippen molar-refractivity contribution in [3.05, 3.63) is 36.0 Å². The predicted octanol–water partition coefficient (Wildman–Crippen LogP) is 2.34. The topological polar surface area (TPSA) is 36.0 Å². The number of nitrogens with one attached hydrogen (secondary N) is 1. The first-order valence-corrected chi connectivity index (χ1v) is 4.69. The summed E-state index contributed by atoms with van der Waals surface area (Å²) in [5.41, 5.74) is 1.62. The maximum atomic E-state index is 12.2. The molecule has 0 aliphatic rings. The average Bonchev–Trinajstić information content (AvgIpc) is 2.62. The van der Waals surface area contributed by atoms with Crippen molar-refractivity contribution in [1.29, 1.82) is 0 Å². The quantitative estimate of drug-likeness (QED) is 0.803. The molecule has 0 saturated heterocycles. The molecule has 2 N–H and O–H groups in total. The highest BCUT2D eigenvalue weighted by Crippen LogP contribution is 2.20. The van der Waals surface area contributed by atoms with E-state index in [1.807, 2.05) is 24.3 Å². The van der Waals surface area contributed by atoms with Gasteiger partial charge < -0.3 is 10.1 Å². The maximum Gasteiger partial charge on any atom is 0.264 e. The zero-order valence-electron chi connectivity index (χ0n) is 7.95. The lowest BCUT2D eigenvalue weighted by Crippen LogP contribution is -2.19. The Kier molecular flexibility index (Phi) is 2.68. The van der Waals surface area contributed by atoms with Crippen LogP contribution in [0.4, 0.5) is 8.78 Å². The van der Waals surface area contributed by atoms with Gasteiger partial charge in [-0.1, -0.05) is 18.2 Å². The number of H-pyrrole nitrogens is 1. The van der Waals surface area contributed by atoms with Crippen LogP contribution in [0.3, 0.4) is 0 Å². The smallest absolute Gasteiger partial charge is 0.264 e. The summed E-state index contributed by atoms with van der Waals surface area (Å²) in [6.07, 6.45) is -2.65. The highest BCUT2D eigenvalue weighted by Gasteiger charge is 2.18. The minimum atomic E-state index is -2.70. The van der Waals surface area contributed by atoms with Gasteiger partial charge in [0.2, 0.25) is 0 Å². The maximum absolute atomic E-state index is 12.2. The van der Waals surface area contributed by atoms with E-state index in [0.717, 1.165) is 16.5 Å². The first kappa shape index (κ1) is 10.1. The molecule has 4 heteroatoms. The van der Waals surface area contributed by atoms with E-state index >= 15 is 0 Å². The Bertz CT molecular complexity index is 453. The number of para-hydroxylation sites is 1. The number of aliphatic hydroxyl groups excluding tert-OH is 1. The molecule has 1 unspecified atom stereocenters. The average molecular weight is 211 g/mol. The molecule has 0 amide bonds. The summed E-state index contributed by atoms with van der Waals surface area (Å²) in [7, 11) is 0. The van der Waals surface area contributed by atoms with Crippen molar-refractivity contribution in [3.8, 4) is 0 Å². The van der Waals surface area contributed by atoms with Crippen LogP contribution in [0.2, 0.25) is 0 Å². The molecule has 0 aliphatic heterocycles. The van der Waals surface area contributed by atoms with Gasteiger partial charge in [0.05, 0.1) is 0 Å². The summed E-state index contributed by atoms with van der Waals surface area (Å²) in [5.74, 6) is 0. The molecule has 2 rings (SSSR count). The van der Waals surface area contributed by atoms with Gasteiger partial charge in [0.1, 0.15) is 6.10 Å². The molecule has 1 aromatic heterocycles. The van der Waals surface area contributed by atoms with Gasteiger partial charge in [0.25, 0.3) is 6.43 Å². The Morgan fingerprint density at radius 2 is 2.00 bits per heavy atom. The molecule has 1 heterocycles. The molecule has 0 radical (unpaired) electrons. The van der Waals surface area contributed by atoms with Crippen LogP contribution in [0, 0.1) is 0 Å². The lowest BCUT2D eigenvalue weighted by molar-refractivity contribution is -0.00348. The van der Waals surface area contributed by atoms with Crippen molar-refractivity contribution >= 4 is 10.9 Å². The highest BCUT2D eigenvalue weighted by molar-refractivity contribution is 5.83. The van der Waals surface area contributed by atoms with Gasteiger partial charge in [-0.25, -0.2) is 8.78 Å². The summed E-state index contributed by atoms with van der Waals surface area (Å²) in [5, 5.41) is 9.98. The second kappa shape index (κ2) is 3.98. The van der Waals surface area contributed by atoms with Crippen LogP contribution < -0.4 is 0 Å². The third kappa shape index (κ3) is 1.99. The third-order valence-electron chi connectivity index (χ3n) is 2.39. The summed E-state index contributed by atoms with van der Waals surface area (Å²) in [4.78, 5) is 2.98. The van der Waals surface area contributed by atoms with E-state index in [4.69, 9.17) is 5.11 Å². The Labute approximate surface area is 85.5 Å². The van der Waals surface area contributed by atoms with Crippen LogP contribution in [0.5, 0.6) is 0 Å². The van der Waals surface area contributed by atoms with E-state index in [2.05, 4.69) is 4.98 Å². The summed E-state index contributed by atoms with van der Waals surface area (Å²) < 4.78 is 24.3. The van der Waals surface area contributed by atoms with Crippen LogP contribution >= 0.6 is 0 Å². The number of alkyl halides is 2. The van der Waals surface area contributed by atoms with E-state index in [1.54, 1.807) is 6.20 Å². The number of aromatic nitrogens is 1. The van der Waals surface area contributed by atoms with Crippen molar-refractivity contribution in [2.75, 3.05) is 0 Å². The van der Waals surface area contributed by atoms with Crippen LogP contribution in [-0.2, 0) is 6.42 Å². The summed E-state index contributed by atoms with van der Waals surface area (Å²) in [6.45, 7) is 0. The number of benzene rings is 1. The summed E-state index contributed by atoms with van der Waals surface area (Å²) >= 11 is 0. The third-order valence-corrected chi connectivity index (χ3v) is 2.39. The lowest BCUT2D eigenvalue weighted by Gasteiger charge is -2.07. The van der Waals surface area contributed by atoms with Crippen LogP contribution in [0.15, 0.2) is 30.5 Å². The Morgan fingerprint density at radius 1 is 1.27 bits per heavy atom. The zero-order valence-corrected chi connectivity index (χ0v) is 7.95. The van der Waals surface area contributed by atoms with E-state index in [-0.39, 0.29) is 6.42 Å². The number of aromatic amines is 1. The van der Waals surface area contributed by atoms with Crippen LogP contribution in [0.25, 0.3) is 10.9 Å². The second-order valence-corrected chi connectivity index (χ2v) is 3.47. The number of rotatable bonds is 3. The van der Waals surface area contributed by atoms with Crippen molar-refractivity contribution in [2.45, 2.75) is 19.0 Å². The molecule has 2 nitrogen and oxygen atoms in total. The molecule has 0 bridgehead atoms. The van der Waals surface area contributed by atoms with Crippen LogP contribution in [-0.4, -0.2) is 22.6 Å². The van der Waals surface area contributed by atoms with Gasteiger partial charge in [0.15, 0.2) is 0 Å². The monoisotopic (exact) mass is 211 g/mol. The molecule has 80 valence electrons.